The fraction of sp³-hybridized carbons (Fsp3) is 0.391. The minimum absolute atomic E-state index is 0.00148. The number of nitrogens with one attached hydrogen (secondary N) is 2. The Labute approximate surface area is 167 Å². The SMILES string of the molecule is CC(C)NC(=O)Cc1ccc(NC(=O)c2cccc(CN3CCCC3)c2)cc1. The predicted molar refractivity (Wildman–Crippen MR) is 112 cm³/mol. The summed E-state index contributed by atoms with van der Waals surface area (Å²) < 4.78 is 0. The van der Waals surface area contributed by atoms with E-state index in [4.69, 9.17) is 0 Å². The van der Waals surface area contributed by atoms with Gasteiger partial charge in [0, 0.05) is 23.8 Å². The van der Waals surface area contributed by atoms with Crippen molar-refractivity contribution in [1.29, 1.82) is 0 Å². The molecule has 0 spiro atoms. The zero-order valence-corrected chi connectivity index (χ0v) is 16.7. The Hall–Kier alpha value is -2.66. The topological polar surface area (TPSA) is 61.4 Å². The molecule has 1 saturated heterocycles. The maximum atomic E-state index is 12.6. The molecule has 2 aromatic carbocycles. The summed E-state index contributed by atoms with van der Waals surface area (Å²) in [5.41, 5.74) is 3.48. The fourth-order valence-electron chi connectivity index (χ4n) is 3.48. The second-order valence-electron chi connectivity index (χ2n) is 7.73. The molecule has 0 atom stereocenters. The average Bonchev–Trinajstić information content (AvgIpc) is 3.16. The van der Waals surface area contributed by atoms with Gasteiger partial charge >= 0.3 is 0 Å². The van der Waals surface area contributed by atoms with Crippen molar-refractivity contribution in [1.82, 2.24) is 10.2 Å². The van der Waals surface area contributed by atoms with Gasteiger partial charge in [-0.1, -0.05) is 24.3 Å². The minimum Gasteiger partial charge on any atom is -0.354 e. The molecule has 28 heavy (non-hydrogen) atoms. The molecule has 0 aliphatic carbocycles. The van der Waals surface area contributed by atoms with Gasteiger partial charge in [-0.15, -0.1) is 0 Å². The molecule has 1 heterocycles. The van der Waals surface area contributed by atoms with Gasteiger partial charge in [0.2, 0.25) is 5.91 Å². The van der Waals surface area contributed by atoms with Gasteiger partial charge in [0.25, 0.3) is 5.91 Å². The van der Waals surface area contributed by atoms with E-state index in [2.05, 4.69) is 21.6 Å². The molecule has 2 N–H and O–H groups in total. The van der Waals surface area contributed by atoms with Crippen LogP contribution in [0, 0.1) is 0 Å². The highest BCUT2D eigenvalue weighted by molar-refractivity contribution is 6.04. The molecule has 0 bridgehead atoms. The first-order valence-electron chi connectivity index (χ1n) is 10.0. The molecule has 0 unspecified atom stereocenters. The molecule has 148 valence electrons. The van der Waals surface area contributed by atoms with E-state index in [0.717, 1.165) is 30.9 Å². The van der Waals surface area contributed by atoms with Crippen LogP contribution in [0.2, 0.25) is 0 Å². The molecule has 1 fully saturated rings. The summed E-state index contributed by atoms with van der Waals surface area (Å²) in [5, 5.41) is 5.82. The van der Waals surface area contributed by atoms with Crippen molar-refractivity contribution >= 4 is 17.5 Å². The number of likely N-dealkylation sites (tertiary alicyclic amines) is 1. The molecule has 2 aromatic rings. The van der Waals surface area contributed by atoms with Crippen LogP contribution in [0.4, 0.5) is 5.69 Å². The highest BCUT2D eigenvalue weighted by Crippen LogP contribution is 2.16. The highest BCUT2D eigenvalue weighted by Gasteiger charge is 2.13. The Morgan fingerprint density at radius 1 is 1.00 bits per heavy atom. The summed E-state index contributed by atoms with van der Waals surface area (Å²) in [7, 11) is 0. The van der Waals surface area contributed by atoms with Gasteiger partial charge < -0.3 is 10.6 Å². The summed E-state index contributed by atoms with van der Waals surface area (Å²) in [4.78, 5) is 26.9. The third kappa shape index (κ3) is 5.92. The van der Waals surface area contributed by atoms with Gasteiger partial charge in [-0.05, 0) is 75.2 Å². The molecule has 5 heteroatoms. The van der Waals surface area contributed by atoms with Crippen LogP contribution in [-0.2, 0) is 17.8 Å². The smallest absolute Gasteiger partial charge is 0.255 e. The maximum Gasteiger partial charge on any atom is 0.255 e. The number of carbonyl (C=O) groups excluding carboxylic acids is 2. The largest absolute Gasteiger partial charge is 0.354 e. The summed E-state index contributed by atoms with van der Waals surface area (Å²) in [6.07, 6.45) is 2.86. The Bertz CT molecular complexity index is 809. The quantitative estimate of drug-likeness (QED) is 0.773. The Kier molecular flexibility index (Phi) is 6.82. The lowest BCUT2D eigenvalue weighted by Crippen LogP contribution is -2.31. The highest BCUT2D eigenvalue weighted by atomic mass is 16.2. The third-order valence-electron chi connectivity index (χ3n) is 4.82. The lowest BCUT2D eigenvalue weighted by molar-refractivity contribution is -0.120. The first kappa shape index (κ1) is 20.1. The van der Waals surface area contributed by atoms with Gasteiger partial charge in [-0.3, -0.25) is 14.5 Å². The van der Waals surface area contributed by atoms with Crippen LogP contribution < -0.4 is 10.6 Å². The number of nitrogens with zero attached hydrogens (tertiary/aromatic N) is 1. The number of amides is 2. The number of rotatable bonds is 7. The number of hydrogen-bond donors (Lipinski definition) is 2. The van der Waals surface area contributed by atoms with Crippen molar-refractivity contribution in [2.45, 2.75) is 45.7 Å². The van der Waals surface area contributed by atoms with Gasteiger partial charge in [-0.2, -0.15) is 0 Å². The van der Waals surface area contributed by atoms with E-state index >= 15 is 0 Å². The molecule has 2 amide bonds. The van der Waals surface area contributed by atoms with Crippen LogP contribution in [0.25, 0.3) is 0 Å². The molecular weight excluding hydrogens is 350 g/mol. The van der Waals surface area contributed by atoms with Crippen molar-refractivity contribution in [2.24, 2.45) is 0 Å². The standard InChI is InChI=1S/C23H29N3O2/c1-17(2)24-22(27)15-18-8-10-21(11-9-18)25-23(28)20-7-5-6-19(14-20)16-26-12-3-4-13-26/h5-11,14,17H,3-4,12-13,15-16H2,1-2H3,(H,24,27)(H,25,28). The predicted octanol–water partition coefficient (Wildman–Crippen LogP) is 3.60. The van der Waals surface area contributed by atoms with Crippen LogP contribution in [0.5, 0.6) is 0 Å². The molecule has 0 radical (unpaired) electrons. The first-order valence-corrected chi connectivity index (χ1v) is 10.0. The summed E-state index contributed by atoms with van der Waals surface area (Å²) in [6.45, 7) is 7.05. The zero-order chi connectivity index (χ0) is 19.9. The van der Waals surface area contributed by atoms with Crippen molar-refractivity contribution in [2.75, 3.05) is 18.4 Å². The Balaban J connectivity index is 1.57. The van der Waals surface area contributed by atoms with Crippen molar-refractivity contribution in [3.05, 3.63) is 65.2 Å². The monoisotopic (exact) mass is 379 g/mol. The lowest BCUT2D eigenvalue weighted by Gasteiger charge is -2.15. The zero-order valence-electron chi connectivity index (χ0n) is 16.7. The summed E-state index contributed by atoms with van der Waals surface area (Å²) >= 11 is 0. The van der Waals surface area contributed by atoms with Crippen LogP contribution >= 0.6 is 0 Å². The number of carbonyl (C=O) groups is 2. The molecule has 1 aliphatic rings. The second-order valence-corrected chi connectivity index (χ2v) is 7.73. The van der Waals surface area contributed by atoms with Crippen molar-refractivity contribution in [3.8, 4) is 0 Å². The average molecular weight is 380 g/mol. The molecular formula is C23H29N3O2. The molecule has 3 rings (SSSR count). The number of anilines is 1. The number of benzene rings is 2. The van der Waals surface area contributed by atoms with E-state index in [1.54, 1.807) is 0 Å². The second kappa shape index (κ2) is 9.51. The van der Waals surface area contributed by atoms with Crippen LogP contribution in [0.15, 0.2) is 48.5 Å². The van der Waals surface area contributed by atoms with Crippen LogP contribution in [0.1, 0.15) is 48.2 Å². The maximum absolute atomic E-state index is 12.6. The Morgan fingerprint density at radius 3 is 2.39 bits per heavy atom. The Morgan fingerprint density at radius 2 is 1.71 bits per heavy atom. The third-order valence-corrected chi connectivity index (χ3v) is 4.82. The fourth-order valence-corrected chi connectivity index (χ4v) is 3.48. The van der Waals surface area contributed by atoms with E-state index in [1.807, 2.05) is 56.3 Å². The molecule has 0 aromatic heterocycles. The number of hydrogen-bond acceptors (Lipinski definition) is 3. The van der Waals surface area contributed by atoms with E-state index in [1.165, 1.54) is 18.4 Å². The van der Waals surface area contributed by atoms with Gasteiger partial charge in [-0.25, -0.2) is 0 Å². The van der Waals surface area contributed by atoms with E-state index in [9.17, 15) is 9.59 Å². The van der Waals surface area contributed by atoms with Gasteiger partial charge in [0.1, 0.15) is 0 Å². The summed E-state index contributed by atoms with van der Waals surface area (Å²) in [5.74, 6) is -0.116. The van der Waals surface area contributed by atoms with E-state index < -0.39 is 0 Å². The lowest BCUT2D eigenvalue weighted by atomic mass is 10.1. The van der Waals surface area contributed by atoms with E-state index in [0.29, 0.717) is 12.0 Å². The van der Waals surface area contributed by atoms with Gasteiger partial charge in [0.05, 0.1) is 6.42 Å². The van der Waals surface area contributed by atoms with Crippen molar-refractivity contribution < 1.29 is 9.59 Å². The molecule has 1 aliphatic heterocycles. The normalized spacial score (nSPS) is 14.2. The van der Waals surface area contributed by atoms with E-state index in [-0.39, 0.29) is 17.9 Å². The first-order chi connectivity index (χ1) is 13.5. The minimum atomic E-state index is -0.117. The molecule has 5 nitrogen and oxygen atoms in total. The van der Waals surface area contributed by atoms with Crippen LogP contribution in [-0.4, -0.2) is 35.8 Å². The molecule has 0 saturated carbocycles. The van der Waals surface area contributed by atoms with Gasteiger partial charge in [0.15, 0.2) is 0 Å². The summed E-state index contributed by atoms with van der Waals surface area (Å²) in [6, 6.07) is 15.4. The van der Waals surface area contributed by atoms with Crippen LogP contribution in [0.3, 0.4) is 0 Å². The van der Waals surface area contributed by atoms with Crippen molar-refractivity contribution in [3.63, 3.8) is 0 Å².